The standard InChI is InChI=1S/C17H24N2O.ClH/c20-17(14-5-3-1-2-4-6-14)19-16-8-7-13-9-10-18-12-15(13)11-16;/h7-8,11,14,18H,1-6,9-10,12H2,(H,19,20);1H. The topological polar surface area (TPSA) is 41.1 Å². The minimum absolute atomic E-state index is 0. The molecule has 2 N–H and O–H groups in total. The third-order valence-corrected chi connectivity index (χ3v) is 4.59. The van der Waals surface area contributed by atoms with E-state index in [0.29, 0.717) is 0 Å². The number of carbonyl (C=O) groups is 1. The van der Waals surface area contributed by atoms with Crippen LogP contribution in [0, 0.1) is 5.92 Å². The molecule has 1 aromatic carbocycles. The Morgan fingerprint density at radius 1 is 1.10 bits per heavy atom. The van der Waals surface area contributed by atoms with Crippen molar-refractivity contribution in [3.63, 3.8) is 0 Å². The highest BCUT2D eigenvalue weighted by Crippen LogP contribution is 2.25. The molecule has 1 aliphatic carbocycles. The molecule has 0 saturated heterocycles. The number of hydrogen-bond donors (Lipinski definition) is 2. The molecule has 0 spiro atoms. The van der Waals surface area contributed by atoms with E-state index in [0.717, 1.165) is 38.0 Å². The van der Waals surface area contributed by atoms with Crippen LogP contribution in [0.5, 0.6) is 0 Å². The van der Waals surface area contributed by atoms with Gasteiger partial charge in [0.25, 0.3) is 0 Å². The first-order chi connectivity index (χ1) is 9.83. The van der Waals surface area contributed by atoms with Gasteiger partial charge in [0.2, 0.25) is 5.91 Å². The van der Waals surface area contributed by atoms with Gasteiger partial charge in [-0.15, -0.1) is 12.4 Å². The monoisotopic (exact) mass is 308 g/mol. The molecular formula is C17H25ClN2O. The summed E-state index contributed by atoms with van der Waals surface area (Å²) in [7, 11) is 0. The lowest BCUT2D eigenvalue weighted by Crippen LogP contribution is -2.25. The number of fused-ring (bicyclic) bond motifs is 1. The zero-order valence-electron chi connectivity index (χ0n) is 12.5. The summed E-state index contributed by atoms with van der Waals surface area (Å²) >= 11 is 0. The molecule has 1 heterocycles. The second-order valence-electron chi connectivity index (χ2n) is 6.09. The summed E-state index contributed by atoms with van der Waals surface area (Å²) in [5.41, 5.74) is 3.70. The summed E-state index contributed by atoms with van der Waals surface area (Å²) < 4.78 is 0. The van der Waals surface area contributed by atoms with Crippen LogP contribution in [-0.2, 0) is 17.8 Å². The van der Waals surface area contributed by atoms with Gasteiger partial charge in [-0.1, -0.05) is 31.7 Å². The molecule has 116 valence electrons. The van der Waals surface area contributed by atoms with E-state index in [2.05, 4.69) is 28.8 Å². The van der Waals surface area contributed by atoms with Crippen LogP contribution >= 0.6 is 12.4 Å². The smallest absolute Gasteiger partial charge is 0.227 e. The van der Waals surface area contributed by atoms with Gasteiger partial charge in [-0.2, -0.15) is 0 Å². The van der Waals surface area contributed by atoms with E-state index in [9.17, 15) is 4.79 Å². The van der Waals surface area contributed by atoms with Crippen molar-refractivity contribution < 1.29 is 4.79 Å². The number of amides is 1. The molecule has 1 amide bonds. The number of anilines is 1. The Morgan fingerprint density at radius 2 is 1.86 bits per heavy atom. The minimum atomic E-state index is 0. The molecule has 3 nitrogen and oxygen atoms in total. The van der Waals surface area contributed by atoms with Crippen LogP contribution in [0.2, 0.25) is 0 Å². The fourth-order valence-corrected chi connectivity index (χ4v) is 3.34. The van der Waals surface area contributed by atoms with Gasteiger partial charge in [-0.25, -0.2) is 0 Å². The Kier molecular flexibility index (Phi) is 6.07. The zero-order valence-corrected chi connectivity index (χ0v) is 13.3. The number of nitrogens with one attached hydrogen (secondary N) is 2. The summed E-state index contributed by atoms with van der Waals surface area (Å²) in [6, 6.07) is 6.35. The van der Waals surface area contributed by atoms with E-state index in [4.69, 9.17) is 0 Å². The summed E-state index contributed by atoms with van der Waals surface area (Å²) in [5, 5.41) is 6.50. The van der Waals surface area contributed by atoms with Gasteiger partial charge in [-0.3, -0.25) is 4.79 Å². The molecule has 4 heteroatoms. The van der Waals surface area contributed by atoms with Crippen molar-refractivity contribution in [2.24, 2.45) is 5.92 Å². The largest absolute Gasteiger partial charge is 0.326 e. The summed E-state index contributed by atoms with van der Waals surface area (Å²) in [4.78, 5) is 12.4. The molecule has 21 heavy (non-hydrogen) atoms. The molecule has 2 aliphatic rings. The average molecular weight is 309 g/mol. The van der Waals surface area contributed by atoms with Gasteiger partial charge in [0.15, 0.2) is 0 Å². The van der Waals surface area contributed by atoms with Crippen LogP contribution in [0.4, 0.5) is 5.69 Å². The lowest BCUT2D eigenvalue weighted by Gasteiger charge is -2.19. The zero-order chi connectivity index (χ0) is 13.8. The molecule has 1 aliphatic heterocycles. The number of carbonyl (C=O) groups excluding carboxylic acids is 1. The molecular weight excluding hydrogens is 284 g/mol. The van der Waals surface area contributed by atoms with Crippen LogP contribution in [-0.4, -0.2) is 12.5 Å². The normalized spacial score (nSPS) is 19.0. The van der Waals surface area contributed by atoms with Gasteiger partial charge in [0, 0.05) is 18.2 Å². The Hall–Kier alpha value is -1.06. The number of benzene rings is 1. The molecule has 3 rings (SSSR count). The highest BCUT2D eigenvalue weighted by Gasteiger charge is 2.20. The van der Waals surface area contributed by atoms with E-state index in [1.165, 1.54) is 36.8 Å². The Labute approximate surface area is 133 Å². The molecule has 0 atom stereocenters. The summed E-state index contributed by atoms with van der Waals surface area (Å²) in [6.45, 7) is 1.98. The van der Waals surface area contributed by atoms with E-state index >= 15 is 0 Å². The van der Waals surface area contributed by atoms with Crippen molar-refractivity contribution in [3.8, 4) is 0 Å². The predicted octanol–water partition coefficient (Wildman–Crippen LogP) is 3.66. The minimum Gasteiger partial charge on any atom is -0.326 e. The fraction of sp³-hybridized carbons (Fsp3) is 0.588. The van der Waals surface area contributed by atoms with Crippen molar-refractivity contribution in [3.05, 3.63) is 29.3 Å². The van der Waals surface area contributed by atoms with Crippen LogP contribution in [0.1, 0.15) is 49.7 Å². The SMILES string of the molecule is Cl.O=C(Nc1ccc2c(c1)CNCC2)C1CCCCCC1. The highest BCUT2D eigenvalue weighted by atomic mass is 35.5. The van der Waals surface area contributed by atoms with Crippen molar-refractivity contribution in [2.75, 3.05) is 11.9 Å². The number of hydrogen-bond acceptors (Lipinski definition) is 2. The molecule has 1 saturated carbocycles. The van der Waals surface area contributed by atoms with E-state index < -0.39 is 0 Å². The molecule has 0 bridgehead atoms. The maximum atomic E-state index is 12.4. The Morgan fingerprint density at radius 3 is 2.62 bits per heavy atom. The predicted molar refractivity (Wildman–Crippen MR) is 88.9 cm³/mol. The maximum Gasteiger partial charge on any atom is 0.227 e. The molecule has 1 aromatic rings. The van der Waals surface area contributed by atoms with Gasteiger partial charge in [-0.05, 0) is 49.1 Å². The Bertz CT molecular complexity index is 482. The second kappa shape index (κ2) is 7.81. The maximum absolute atomic E-state index is 12.4. The molecule has 0 unspecified atom stereocenters. The second-order valence-corrected chi connectivity index (χ2v) is 6.09. The van der Waals surface area contributed by atoms with Crippen LogP contribution < -0.4 is 10.6 Å². The van der Waals surface area contributed by atoms with Crippen molar-refractivity contribution in [2.45, 2.75) is 51.5 Å². The van der Waals surface area contributed by atoms with Gasteiger partial charge < -0.3 is 10.6 Å². The summed E-state index contributed by atoms with van der Waals surface area (Å²) in [5.74, 6) is 0.433. The number of rotatable bonds is 2. The first-order valence-corrected chi connectivity index (χ1v) is 7.96. The van der Waals surface area contributed by atoms with Gasteiger partial charge >= 0.3 is 0 Å². The molecule has 1 fully saturated rings. The summed E-state index contributed by atoms with van der Waals surface area (Å²) in [6.07, 6.45) is 8.17. The van der Waals surface area contributed by atoms with E-state index in [1.54, 1.807) is 0 Å². The molecule has 0 aromatic heterocycles. The molecule has 0 radical (unpaired) electrons. The van der Waals surface area contributed by atoms with Crippen molar-refractivity contribution in [1.82, 2.24) is 5.32 Å². The van der Waals surface area contributed by atoms with Gasteiger partial charge in [0.1, 0.15) is 0 Å². The van der Waals surface area contributed by atoms with Crippen LogP contribution in [0.15, 0.2) is 18.2 Å². The third kappa shape index (κ3) is 4.21. The van der Waals surface area contributed by atoms with Crippen LogP contribution in [0.3, 0.4) is 0 Å². The lowest BCUT2D eigenvalue weighted by atomic mass is 9.98. The first kappa shape index (κ1) is 16.3. The average Bonchev–Trinajstić information content (AvgIpc) is 2.76. The van der Waals surface area contributed by atoms with E-state index in [-0.39, 0.29) is 24.2 Å². The quantitative estimate of drug-likeness (QED) is 0.819. The number of halogens is 1. The van der Waals surface area contributed by atoms with E-state index in [1.807, 2.05) is 0 Å². The highest BCUT2D eigenvalue weighted by molar-refractivity contribution is 5.92. The Balaban J connectivity index is 0.00000161. The first-order valence-electron chi connectivity index (χ1n) is 7.96. The third-order valence-electron chi connectivity index (χ3n) is 4.59. The fourth-order valence-electron chi connectivity index (χ4n) is 3.34. The van der Waals surface area contributed by atoms with Crippen molar-refractivity contribution in [1.29, 1.82) is 0 Å². The lowest BCUT2D eigenvalue weighted by molar-refractivity contribution is -0.120. The van der Waals surface area contributed by atoms with Crippen LogP contribution in [0.25, 0.3) is 0 Å². The van der Waals surface area contributed by atoms with Gasteiger partial charge in [0.05, 0.1) is 0 Å². The van der Waals surface area contributed by atoms with Crippen molar-refractivity contribution >= 4 is 24.0 Å².